The molecule has 1 atom stereocenters. The van der Waals surface area contributed by atoms with E-state index < -0.39 is 5.41 Å². The molecule has 1 fully saturated rings. The Kier molecular flexibility index (Phi) is 5.21. The van der Waals surface area contributed by atoms with Crippen molar-refractivity contribution in [3.05, 3.63) is 23.4 Å². The van der Waals surface area contributed by atoms with Gasteiger partial charge in [0.15, 0.2) is 0 Å². The van der Waals surface area contributed by atoms with Gasteiger partial charge in [0.05, 0.1) is 5.41 Å². The van der Waals surface area contributed by atoms with E-state index in [2.05, 4.69) is 12.5 Å². The summed E-state index contributed by atoms with van der Waals surface area (Å²) in [6.45, 7) is 3.93. The van der Waals surface area contributed by atoms with Gasteiger partial charge in [-0.3, -0.25) is 14.6 Å². The molecule has 3 amide bonds. The second-order valence-corrected chi connectivity index (χ2v) is 6.60. The van der Waals surface area contributed by atoms with Crippen LogP contribution in [0.4, 0.5) is 4.79 Å². The third kappa shape index (κ3) is 2.90. The number of amides is 3. The van der Waals surface area contributed by atoms with E-state index in [1.54, 1.807) is 19.0 Å². The van der Waals surface area contributed by atoms with Crippen LogP contribution in [0.1, 0.15) is 38.5 Å². The van der Waals surface area contributed by atoms with Crippen molar-refractivity contribution in [3.8, 4) is 12.3 Å². The highest BCUT2D eigenvalue weighted by atomic mass is 35.5. The molecular weight excluding hydrogens is 312 g/mol. The first-order valence-corrected chi connectivity index (χ1v) is 8.37. The van der Waals surface area contributed by atoms with Crippen molar-refractivity contribution in [2.24, 2.45) is 5.41 Å². The van der Waals surface area contributed by atoms with Gasteiger partial charge in [-0.05, 0) is 37.7 Å². The molecule has 0 N–H and O–H groups in total. The summed E-state index contributed by atoms with van der Waals surface area (Å²) in [5, 5.41) is 0. The summed E-state index contributed by atoms with van der Waals surface area (Å²) < 4.78 is 0. The highest BCUT2D eigenvalue weighted by molar-refractivity contribution is 6.19. The van der Waals surface area contributed by atoms with Gasteiger partial charge in [0.2, 0.25) is 5.91 Å². The molecule has 0 radical (unpaired) electrons. The Hall–Kier alpha value is -1.73. The Morgan fingerprint density at radius 1 is 1.39 bits per heavy atom. The van der Waals surface area contributed by atoms with E-state index in [-0.39, 0.29) is 11.9 Å². The summed E-state index contributed by atoms with van der Waals surface area (Å²) in [7, 11) is 3.29. The van der Waals surface area contributed by atoms with E-state index in [4.69, 9.17) is 18.0 Å². The van der Waals surface area contributed by atoms with Crippen LogP contribution in [-0.4, -0.2) is 41.7 Å². The summed E-state index contributed by atoms with van der Waals surface area (Å²) in [5.74, 6) is 2.93. The Bertz CT molecular complexity index is 617. The number of alkyl halides is 1. The smallest absolute Gasteiger partial charge is 0.300 e. The molecule has 1 aliphatic heterocycles. The predicted molar refractivity (Wildman–Crippen MR) is 91.8 cm³/mol. The fourth-order valence-corrected chi connectivity index (χ4v) is 3.84. The molecule has 0 aromatic heterocycles. The molecule has 23 heavy (non-hydrogen) atoms. The van der Waals surface area contributed by atoms with Crippen LogP contribution in [0.15, 0.2) is 23.4 Å². The number of hydrogen-bond donors (Lipinski definition) is 0. The predicted octanol–water partition coefficient (Wildman–Crippen LogP) is 3.53. The van der Waals surface area contributed by atoms with E-state index in [0.717, 1.165) is 36.1 Å². The fourth-order valence-electron chi connectivity index (χ4n) is 3.71. The van der Waals surface area contributed by atoms with Crippen LogP contribution < -0.4 is 0 Å². The van der Waals surface area contributed by atoms with Crippen LogP contribution in [0, 0.1) is 17.8 Å². The Labute approximate surface area is 143 Å². The third-order valence-corrected chi connectivity index (χ3v) is 5.31. The van der Waals surface area contributed by atoms with Gasteiger partial charge in [0, 0.05) is 32.1 Å². The van der Waals surface area contributed by atoms with Crippen molar-refractivity contribution in [1.82, 2.24) is 9.80 Å². The monoisotopic (exact) mass is 334 g/mol. The molecule has 124 valence electrons. The zero-order chi connectivity index (χ0) is 17.2. The van der Waals surface area contributed by atoms with Gasteiger partial charge in [-0.1, -0.05) is 12.2 Å². The van der Waals surface area contributed by atoms with Crippen LogP contribution in [-0.2, 0) is 4.79 Å². The maximum absolute atomic E-state index is 12.9. The van der Waals surface area contributed by atoms with Crippen molar-refractivity contribution in [3.63, 3.8) is 0 Å². The van der Waals surface area contributed by atoms with Gasteiger partial charge in [-0.15, -0.1) is 23.9 Å². The molecule has 0 spiro atoms. The lowest BCUT2D eigenvalue weighted by Crippen LogP contribution is -2.57. The molecule has 0 bridgehead atoms. The molecule has 2 aliphatic rings. The number of urea groups is 1. The first kappa shape index (κ1) is 17.6. The van der Waals surface area contributed by atoms with Gasteiger partial charge in [-0.2, -0.15) is 0 Å². The number of halogens is 1. The van der Waals surface area contributed by atoms with E-state index >= 15 is 0 Å². The minimum absolute atomic E-state index is 0.128. The minimum Gasteiger partial charge on any atom is -0.300 e. The lowest BCUT2D eigenvalue weighted by Gasteiger charge is -2.43. The second-order valence-electron chi connectivity index (χ2n) is 6.33. The number of carbonyl (C=O) groups is 2. The minimum atomic E-state index is -0.651. The first-order chi connectivity index (χ1) is 10.9. The first-order valence-electron chi connectivity index (χ1n) is 7.83. The van der Waals surface area contributed by atoms with Crippen LogP contribution in [0.3, 0.4) is 0 Å². The maximum atomic E-state index is 12.9. The zero-order valence-electron chi connectivity index (χ0n) is 13.8. The Morgan fingerprint density at radius 3 is 2.70 bits per heavy atom. The average Bonchev–Trinajstić information content (AvgIpc) is 2.93. The number of fused-ring (bicyclic) bond motifs is 1. The molecule has 4 nitrogen and oxygen atoms in total. The Balaban J connectivity index is 2.41. The van der Waals surface area contributed by atoms with Gasteiger partial charge in [-0.25, -0.2) is 4.79 Å². The molecule has 1 saturated heterocycles. The van der Waals surface area contributed by atoms with Gasteiger partial charge >= 0.3 is 6.03 Å². The second kappa shape index (κ2) is 6.80. The van der Waals surface area contributed by atoms with Crippen molar-refractivity contribution < 1.29 is 9.59 Å². The molecule has 0 aromatic rings. The van der Waals surface area contributed by atoms with Crippen molar-refractivity contribution in [1.29, 1.82) is 0 Å². The normalized spacial score (nSPS) is 24.1. The van der Waals surface area contributed by atoms with Crippen molar-refractivity contribution in [2.75, 3.05) is 20.0 Å². The third-order valence-electron chi connectivity index (χ3n) is 4.93. The molecule has 5 heteroatoms. The largest absolute Gasteiger partial charge is 0.330 e. The van der Waals surface area contributed by atoms with Gasteiger partial charge in [0.25, 0.3) is 0 Å². The summed E-state index contributed by atoms with van der Waals surface area (Å²) in [4.78, 5) is 28.1. The molecule has 0 aromatic carbocycles. The average molecular weight is 335 g/mol. The van der Waals surface area contributed by atoms with E-state index in [9.17, 15) is 9.59 Å². The zero-order valence-corrected chi connectivity index (χ0v) is 14.6. The van der Waals surface area contributed by atoms with Gasteiger partial charge < -0.3 is 0 Å². The number of allylic oxidation sites excluding steroid dienone is 2. The van der Waals surface area contributed by atoms with E-state index in [1.165, 1.54) is 4.90 Å². The molecule has 0 saturated carbocycles. The molecule has 1 aliphatic carbocycles. The molecule has 1 heterocycles. The summed E-state index contributed by atoms with van der Waals surface area (Å²) >= 11 is 5.80. The number of hydrogen-bond acceptors (Lipinski definition) is 2. The highest BCUT2D eigenvalue weighted by Crippen LogP contribution is 2.52. The SMILES string of the molecule is C#CCCC12CCC(CCC(=C)CCl)=C1N(C)C(=O)N(C)C2=O. The summed E-state index contributed by atoms with van der Waals surface area (Å²) in [5.41, 5.74) is 2.34. The highest BCUT2D eigenvalue weighted by Gasteiger charge is 2.54. The number of imide groups is 1. The Morgan fingerprint density at radius 2 is 2.09 bits per heavy atom. The topological polar surface area (TPSA) is 40.6 Å². The van der Waals surface area contributed by atoms with Crippen molar-refractivity contribution >= 4 is 23.5 Å². The van der Waals surface area contributed by atoms with Crippen LogP contribution in [0.2, 0.25) is 0 Å². The number of carbonyl (C=O) groups excluding carboxylic acids is 2. The number of nitrogens with zero attached hydrogens (tertiary/aromatic N) is 2. The lowest BCUT2D eigenvalue weighted by atomic mass is 9.77. The lowest BCUT2D eigenvalue weighted by molar-refractivity contribution is -0.139. The number of rotatable bonds is 6. The van der Waals surface area contributed by atoms with E-state index in [1.807, 2.05) is 0 Å². The quantitative estimate of drug-likeness (QED) is 0.423. The summed E-state index contributed by atoms with van der Waals surface area (Å²) in [6.07, 6.45) is 9.61. The molecular formula is C18H23ClN2O2. The van der Waals surface area contributed by atoms with Crippen LogP contribution in [0.5, 0.6) is 0 Å². The van der Waals surface area contributed by atoms with Crippen LogP contribution >= 0.6 is 11.6 Å². The fraction of sp³-hybridized carbons (Fsp3) is 0.556. The number of terminal acetylenes is 1. The van der Waals surface area contributed by atoms with E-state index in [0.29, 0.717) is 25.1 Å². The molecule has 2 rings (SSSR count). The molecule has 1 unspecified atom stereocenters. The van der Waals surface area contributed by atoms with Gasteiger partial charge in [0.1, 0.15) is 0 Å². The maximum Gasteiger partial charge on any atom is 0.330 e. The van der Waals surface area contributed by atoms with Crippen molar-refractivity contribution in [2.45, 2.75) is 38.5 Å². The van der Waals surface area contributed by atoms with Crippen LogP contribution in [0.25, 0.3) is 0 Å². The summed E-state index contributed by atoms with van der Waals surface area (Å²) in [6, 6.07) is -0.281. The standard InChI is InChI=1S/C18H23ClN2O2/c1-5-6-10-18-11-9-14(8-7-13(2)12-19)15(18)20(3)17(23)21(4)16(18)22/h1H,2,6-12H2,3-4H3.